The van der Waals surface area contributed by atoms with E-state index in [4.69, 9.17) is 4.74 Å². The van der Waals surface area contributed by atoms with Gasteiger partial charge >= 0.3 is 6.09 Å². The maximum Gasteiger partial charge on any atom is 0.417 e. The number of nitrogens with zero attached hydrogens (tertiary/aromatic N) is 4. The lowest BCUT2D eigenvalue weighted by Crippen LogP contribution is -2.32. The van der Waals surface area contributed by atoms with Crippen LogP contribution in [0.4, 0.5) is 26.6 Å². The van der Waals surface area contributed by atoms with Crippen LogP contribution in [0.3, 0.4) is 0 Å². The molecule has 0 fully saturated rings. The molecule has 1 aromatic heterocycles. The molecule has 9 heteroatoms. The molecule has 0 saturated heterocycles. The Kier molecular flexibility index (Phi) is 5.21. The number of halogens is 1. The number of hydrogen-bond donors (Lipinski definition) is 2. The first-order chi connectivity index (χ1) is 16.0. The number of anilines is 3. The van der Waals surface area contributed by atoms with Crippen LogP contribution in [-0.4, -0.2) is 42.0 Å². The molecular formula is C24H21FN6O2. The molecule has 3 heterocycles. The molecule has 0 atom stereocenters. The lowest BCUT2D eigenvalue weighted by molar-refractivity contribution is 0.215. The maximum absolute atomic E-state index is 14.7. The summed E-state index contributed by atoms with van der Waals surface area (Å²) in [7, 11) is 1.77. The molecule has 0 unspecified atom stereocenters. The molecule has 0 spiro atoms. The van der Waals surface area contributed by atoms with E-state index < -0.39 is 11.9 Å². The lowest BCUT2D eigenvalue weighted by Gasteiger charge is -2.28. The van der Waals surface area contributed by atoms with E-state index >= 15 is 0 Å². The molecule has 0 radical (unpaired) electrons. The van der Waals surface area contributed by atoms with E-state index in [1.807, 2.05) is 24.0 Å². The third-order valence-corrected chi connectivity index (χ3v) is 5.45. The van der Waals surface area contributed by atoms with Crippen molar-refractivity contribution in [3.8, 4) is 5.75 Å². The number of amides is 1. The van der Waals surface area contributed by atoms with Crippen molar-refractivity contribution in [1.82, 2.24) is 9.97 Å². The molecule has 2 aliphatic rings. The van der Waals surface area contributed by atoms with Crippen LogP contribution >= 0.6 is 0 Å². The molecule has 8 nitrogen and oxygen atoms in total. The zero-order valence-corrected chi connectivity index (χ0v) is 18.1. The van der Waals surface area contributed by atoms with Crippen molar-refractivity contribution >= 4 is 41.0 Å². The van der Waals surface area contributed by atoms with Crippen LogP contribution in [0.5, 0.6) is 5.75 Å². The van der Waals surface area contributed by atoms with Gasteiger partial charge in [0.1, 0.15) is 23.2 Å². The molecule has 3 aromatic rings. The largest absolute Gasteiger partial charge is 0.417 e. The Bertz CT molecular complexity index is 1310. The highest BCUT2D eigenvalue weighted by molar-refractivity contribution is 6.36. The highest BCUT2D eigenvalue weighted by Gasteiger charge is 2.31. The number of hydrogen-bond acceptors (Lipinski definition) is 7. The van der Waals surface area contributed by atoms with Crippen molar-refractivity contribution < 1.29 is 13.9 Å². The molecule has 1 amide bonds. The van der Waals surface area contributed by atoms with Gasteiger partial charge in [0.25, 0.3) is 0 Å². The van der Waals surface area contributed by atoms with Gasteiger partial charge in [-0.3, -0.25) is 10.3 Å². The van der Waals surface area contributed by atoms with Gasteiger partial charge in [-0.1, -0.05) is 18.2 Å². The van der Waals surface area contributed by atoms with Crippen molar-refractivity contribution in [2.45, 2.75) is 6.92 Å². The second-order valence-corrected chi connectivity index (χ2v) is 7.61. The SMILES string of the molecule is CNc1ncc2c(n1)N1CCN=C1C(c1cc(NC(=O)Oc3ccccc3)c(F)cc1C)=C2. The molecule has 2 aliphatic heterocycles. The molecule has 0 saturated carbocycles. The van der Waals surface area contributed by atoms with E-state index in [1.54, 1.807) is 43.6 Å². The number of aliphatic imine (C=N–C) groups is 1. The Morgan fingerprint density at radius 3 is 2.82 bits per heavy atom. The summed E-state index contributed by atoms with van der Waals surface area (Å²) in [6.45, 7) is 3.13. The quantitative estimate of drug-likeness (QED) is 0.622. The van der Waals surface area contributed by atoms with Crippen LogP contribution < -0.4 is 20.3 Å². The normalized spacial score (nSPS) is 14.1. The number of ether oxygens (including phenoxy) is 1. The fraction of sp³-hybridized carbons (Fsp3) is 0.167. The third kappa shape index (κ3) is 3.89. The minimum absolute atomic E-state index is 0.0233. The van der Waals surface area contributed by atoms with Gasteiger partial charge in [0, 0.05) is 30.9 Å². The minimum atomic E-state index is -0.772. The van der Waals surface area contributed by atoms with Crippen molar-refractivity contribution in [3.05, 3.63) is 71.2 Å². The first kappa shape index (κ1) is 20.6. The number of carbonyl (C=O) groups excluding carboxylic acids is 1. The van der Waals surface area contributed by atoms with E-state index in [2.05, 4.69) is 25.6 Å². The van der Waals surface area contributed by atoms with Crippen LogP contribution in [-0.2, 0) is 0 Å². The van der Waals surface area contributed by atoms with Gasteiger partial charge in [-0.25, -0.2) is 14.2 Å². The Balaban J connectivity index is 1.51. The second kappa shape index (κ2) is 8.34. The van der Waals surface area contributed by atoms with Gasteiger partial charge in [-0.05, 0) is 48.4 Å². The summed E-state index contributed by atoms with van der Waals surface area (Å²) in [5.74, 6) is 1.88. The smallest absolute Gasteiger partial charge is 0.410 e. The van der Waals surface area contributed by atoms with Crippen LogP contribution in [0.1, 0.15) is 16.7 Å². The third-order valence-electron chi connectivity index (χ3n) is 5.45. The highest BCUT2D eigenvalue weighted by atomic mass is 19.1. The molecule has 5 rings (SSSR count). The fourth-order valence-electron chi connectivity index (χ4n) is 3.91. The molecule has 33 heavy (non-hydrogen) atoms. The van der Waals surface area contributed by atoms with Gasteiger partial charge in [-0.2, -0.15) is 4.98 Å². The van der Waals surface area contributed by atoms with E-state index in [-0.39, 0.29) is 5.69 Å². The minimum Gasteiger partial charge on any atom is -0.410 e. The Morgan fingerprint density at radius 2 is 2.03 bits per heavy atom. The number of para-hydroxylation sites is 1. The predicted octanol–water partition coefficient (Wildman–Crippen LogP) is 4.35. The number of carbonyl (C=O) groups is 1. The second-order valence-electron chi connectivity index (χ2n) is 7.61. The van der Waals surface area contributed by atoms with E-state index in [0.717, 1.165) is 28.4 Å². The number of amidine groups is 1. The summed E-state index contributed by atoms with van der Waals surface area (Å²) in [6.07, 6.45) is 2.92. The summed E-state index contributed by atoms with van der Waals surface area (Å²) in [5, 5.41) is 5.46. The zero-order valence-electron chi connectivity index (χ0n) is 18.1. The van der Waals surface area contributed by atoms with E-state index in [9.17, 15) is 9.18 Å². The summed E-state index contributed by atoms with van der Waals surface area (Å²) in [5.41, 5.74) is 3.14. The molecule has 0 aliphatic carbocycles. The van der Waals surface area contributed by atoms with Crippen molar-refractivity contribution in [3.63, 3.8) is 0 Å². The summed E-state index contributed by atoms with van der Waals surface area (Å²) in [4.78, 5) is 27.9. The number of benzene rings is 2. The van der Waals surface area contributed by atoms with Crippen molar-refractivity contribution in [1.29, 1.82) is 0 Å². The number of aromatic nitrogens is 2. The maximum atomic E-state index is 14.7. The number of aryl methyl sites for hydroxylation is 1. The summed E-state index contributed by atoms with van der Waals surface area (Å²) >= 11 is 0. The van der Waals surface area contributed by atoms with E-state index in [1.165, 1.54) is 6.07 Å². The first-order valence-electron chi connectivity index (χ1n) is 10.5. The molecule has 2 aromatic carbocycles. The monoisotopic (exact) mass is 444 g/mol. The zero-order chi connectivity index (χ0) is 22.9. The first-order valence-corrected chi connectivity index (χ1v) is 10.5. The van der Waals surface area contributed by atoms with Crippen LogP contribution in [0.15, 0.2) is 53.7 Å². The van der Waals surface area contributed by atoms with Crippen LogP contribution in [0.2, 0.25) is 0 Å². The Labute approximate surface area is 189 Å². The average Bonchev–Trinajstić information content (AvgIpc) is 3.31. The van der Waals surface area contributed by atoms with E-state index in [0.29, 0.717) is 30.4 Å². The van der Waals surface area contributed by atoms with Crippen LogP contribution in [0.25, 0.3) is 11.6 Å². The van der Waals surface area contributed by atoms with Gasteiger partial charge < -0.3 is 15.0 Å². The Morgan fingerprint density at radius 1 is 1.21 bits per heavy atom. The predicted molar refractivity (Wildman–Crippen MR) is 126 cm³/mol. The number of nitrogens with one attached hydrogen (secondary N) is 2. The summed E-state index contributed by atoms with van der Waals surface area (Å²) in [6, 6.07) is 11.6. The van der Waals surface area contributed by atoms with Gasteiger partial charge in [0.2, 0.25) is 5.95 Å². The number of fused-ring (bicyclic) bond motifs is 3. The lowest BCUT2D eigenvalue weighted by atomic mass is 9.94. The van der Waals surface area contributed by atoms with Crippen LogP contribution in [0, 0.1) is 12.7 Å². The van der Waals surface area contributed by atoms with Crippen molar-refractivity contribution in [2.75, 3.05) is 35.7 Å². The average molecular weight is 444 g/mol. The van der Waals surface area contributed by atoms with Crippen molar-refractivity contribution in [2.24, 2.45) is 4.99 Å². The number of rotatable bonds is 4. The molecule has 166 valence electrons. The standard InChI is InChI=1S/C24H21FN6O2/c1-14-10-19(25)20(29-24(32)33-16-6-4-3-5-7-16)12-17(14)18-11-15-13-28-23(26-2)30-21(15)31-9-8-27-22(18)31/h3-7,10-13H,8-9H2,1-2H3,(H,29,32)(H,26,28,30). The van der Waals surface area contributed by atoms with Gasteiger partial charge in [0.15, 0.2) is 0 Å². The topological polar surface area (TPSA) is 91.7 Å². The molecule has 0 bridgehead atoms. The Hall–Kier alpha value is -4.27. The van der Waals surface area contributed by atoms with Gasteiger partial charge in [-0.15, -0.1) is 0 Å². The highest BCUT2D eigenvalue weighted by Crippen LogP contribution is 2.37. The summed E-state index contributed by atoms with van der Waals surface area (Å²) < 4.78 is 20.0. The fourth-order valence-corrected chi connectivity index (χ4v) is 3.91. The van der Waals surface area contributed by atoms with Gasteiger partial charge in [0.05, 0.1) is 12.2 Å². The molecule has 2 N–H and O–H groups in total. The molecular weight excluding hydrogens is 423 g/mol.